The molecule has 5 unspecified atom stereocenters. The number of carbonyl (C=O) groups is 3. The Morgan fingerprint density at radius 3 is 2.27 bits per heavy atom. The summed E-state index contributed by atoms with van der Waals surface area (Å²) in [6.07, 6.45) is 10.9. The normalized spacial score (nSPS) is 45.8. The van der Waals surface area contributed by atoms with Crippen molar-refractivity contribution < 1.29 is 33.7 Å². The number of hydrogen-bond donors (Lipinski definition) is 2. The number of carbonyl (C=O) groups excluding carboxylic acids is 2. The van der Waals surface area contributed by atoms with Crippen LogP contribution in [-0.2, 0) is 23.8 Å². The van der Waals surface area contributed by atoms with Gasteiger partial charge in [-0.2, -0.15) is 0 Å². The first-order valence-corrected chi connectivity index (χ1v) is 19.4. The summed E-state index contributed by atoms with van der Waals surface area (Å²) in [5.41, 5.74) is -0.620. The van der Waals surface area contributed by atoms with Crippen molar-refractivity contribution in [1.29, 1.82) is 0 Å². The van der Waals surface area contributed by atoms with Gasteiger partial charge in [-0.15, -0.1) is 0 Å². The highest BCUT2D eigenvalue weighted by Gasteiger charge is 2.72. The topological polar surface area (TPSA) is 114 Å². The summed E-state index contributed by atoms with van der Waals surface area (Å²) < 4.78 is 17.8. The van der Waals surface area contributed by atoms with Gasteiger partial charge in [0.1, 0.15) is 12.2 Å². The summed E-state index contributed by atoms with van der Waals surface area (Å²) in [5.74, 6) is 0.501. The van der Waals surface area contributed by atoms with Crippen LogP contribution in [0.5, 0.6) is 0 Å². The van der Waals surface area contributed by atoms with Crippen molar-refractivity contribution in [2.24, 2.45) is 56.7 Å². The Morgan fingerprint density at radius 1 is 0.854 bits per heavy atom. The van der Waals surface area contributed by atoms with Gasteiger partial charge in [-0.1, -0.05) is 34.6 Å². The van der Waals surface area contributed by atoms with Crippen LogP contribution in [0.2, 0.25) is 0 Å². The van der Waals surface area contributed by atoms with Gasteiger partial charge in [0.15, 0.2) is 0 Å². The van der Waals surface area contributed by atoms with Crippen LogP contribution < -0.4 is 5.32 Å². The van der Waals surface area contributed by atoms with Crippen LogP contribution in [0, 0.1) is 56.7 Å². The maximum Gasteiger partial charge on any atom is 0.407 e. The molecule has 270 valence electrons. The minimum absolute atomic E-state index is 0.00815. The Balaban J connectivity index is 1.12. The first-order chi connectivity index (χ1) is 22.7. The number of carboxylic acid groups (broad SMARTS) is 1. The summed E-state index contributed by atoms with van der Waals surface area (Å²) in [6, 6.07) is 0.292. The number of nitrogens with zero attached hydrogens (tertiary/aromatic N) is 1. The molecule has 6 saturated carbocycles. The molecule has 1 aliphatic heterocycles. The van der Waals surface area contributed by atoms with E-state index in [1.54, 1.807) is 0 Å². The molecule has 1 amide bonds. The van der Waals surface area contributed by atoms with Crippen LogP contribution in [0.3, 0.4) is 0 Å². The molecule has 0 aromatic heterocycles. The van der Waals surface area contributed by atoms with Crippen LogP contribution in [0.1, 0.15) is 119 Å². The fraction of sp³-hybridized carbons (Fsp3) is 0.923. The predicted octanol–water partition coefficient (Wildman–Crippen LogP) is 6.67. The lowest BCUT2D eigenvalue weighted by Crippen LogP contribution is -2.67. The number of hydrogen-bond acceptors (Lipinski definition) is 7. The molecule has 0 spiro atoms. The Morgan fingerprint density at radius 2 is 1.58 bits per heavy atom. The molecule has 7 aliphatic rings. The van der Waals surface area contributed by atoms with Gasteiger partial charge in [0.05, 0.1) is 25.2 Å². The van der Waals surface area contributed by atoms with Gasteiger partial charge in [-0.3, -0.25) is 14.5 Å². The lowest BCUT2D eigenvalue weighted by molar-refractivity contribution is -0.250. The molecule has 9 nitrogen and oxygen atoms in total. The standard InChI is InChI=1S/C39H62N2O7/c1-24(47-31(42)23-41-19-21-46-22-20-41)26-11-16-39(33(43)44)18-17-37(5)27(32(26)39)9-10-29-36(4)14-13-30(48-34(45)40-25-7-8-25)35(2,3)28(36)12-15-38(29,37)6/h24-30,32H,7-23H2,1-6H3,(H,40,45)(H,43,44)/t24?,26-,27?,28?,29?,30+,32?,36-,37+,38+,39-/m0/s1. The van der Waals surface area contributed by atoms with Gasteiger partial charge in [0.2, 0.25) is 0 Å². The van der Waals surface area contributed by atoms with E-state index in [1.165, 1.54) is 0 Å². The fourth-order valence-corrected chi connectivity index (χ4v) is 13.6. The Hall–Kier alpha value is -1.87. The zero-order valence-electron chi connectivity index (χ0n) is 30.5. The summed E-state index contributed by atoms with van der Waals surface area (Å²) in [7, 11) is 0. The van der Waals surface area contributed by atoms with Gasteiger partial charge < -0.3 is 24.6 Å². The van der Waals surface area contributed by atoms with Crippen molar-refractivity contribution in [1.82, 2.24) is 10.2 Å². The fourth-order valence-electron chi connectivity index (χ4n) is 13.6. The van der Waals surface area contributed by atoms with E-state index in [4.69, 9.17) is 14.2 Å². The maximum absolute atomic E-state index is 13.3. The van der Waals surface area contributed by atoms with Crippen molar-refractivity contribution in [2.75, 3.05) is 32.8 Å². The van der Waals surface area contributed by atoms with E-state index >= 15 is 0 Å². The third-order valence-electron chi connectivity index (χ3n) is 16.4. The number of rotatable bonds is 7. The molecule has 11 atom stereocenters. The minimum Gasteiger partial charge on any atom is -0.481 e. The van der Waals surface area contributed by atoms with Gasteiger partial charge in [-0.25, -0.2) is 4.79 Å². The number of morpholine rings is 1. The van der Waals surface area contributed by atoms with Crippen molar-refractivity contribution in [3.8, 4) is 0 Å². The maximum atomic E-state index is 13.3. The average molecular weight is 671 g/mol. The van der Waals surface area contributed by atoms with E-state index in [-0.39, 0.29) is 70.2 Å². The molecule has 0 radical (unpaired) electrons. The number of amides is 1. The van der Waals surface area contributed by atoms with Crippen LogP contribution in [0.25, 0.3) is 0 Å². The molecular weight excluding hydrogens is 608 g/mol. The molecule has 0 aromatic rings. The molecule has 0 aromatic carbocycles. The molecular formula is C39H62N2O7. The number of alkyl carbamates (subject to hydrolysis) is 1. The molecule has 9 heteroatoms. The SMILES string of the molecule is CC(OC(=O)CN1CCOCC1)[C@@H]1CC[C@]2(C(=O)O)CC[C@]3(C)C(CCC4[C@@]5(C)CC[C@@H](OC(=O)NC6CC6)C(C)(C)C5CC[C@]43C)C12. The average Bonchev–Trinajstić information content (AvgIpc) is 3.74. The van der Waals surface area contributed by atoms with Gasteiger partial charge in [0, 0.05) is 24.5 Å². The van der Waals surface area contributed by atoms with E-state index in [2.05, 4.69) is 44.8 Å². The lowest BCUT2D eigenvalue weighted by Gasteiger charge is -2.72. The van der Waals surface area contributed by atoms with Gasteiger partial charge in [-0.05, 0) is 130 Å². The lowest BCUT2D eigenvalue weighted by atomic mass is 9.32. The summed E-state index contributed by atoms with van der Waals surface area (Å²) >= 11 is 0. The minimum atomic E-state index is -0.734. The monoisotopic (exact) mass is 670 g/mol. The van der Waals surface area contributed by atoms with E-state index in [1.807, 2.05) is 6.92 Å². The molecule has 7 fully saturated rings. The number of aliphatic carboxylic acids is 1. The van der Waals surface area contributed by atoms with E-state index in [9.17, 15) is 19.5 Å². The highest BCUT2D eigenvalue weighted by molar-refractivity contribution is 5.76. The van der Waals surface area contributed by atoms with Gasteiger partial charge >= 0.3 is 18.0 Å². The molecule has 7 rings (SSSR count). The summed E-state index contributed by atoms with van der Waals surface area (Å²) in [6.45, 7) is 17.3. The van der Waals surface area contributed by atoms with Crippen molar-refractivity contribution in [3.63, 3.8) is 0 Å². The van der Waals surface area contributed by atoms with E-state index < -0.39 is 11.4 Å². The third-order valence-corrected chi connectivity index (χ3v) is 16.4. The molecule has 1 saturated heterocycles. The Kier molecular flexibility index (Phi) is 8.74. The predicted molar refractivity (Wildman–Crippen MR) is 181 cm³/mol. The smallest absolute Gasteiger partial charge is 0.407 e. The van der Waals surface area contributed by atoms with Gasteiger partial charge in [0.25, 0.3) is 0 Å². The number of ether oxygens (including phenoxy) is 3. The molecule has 1 heterocycles. The highest BCUT2D eigenvalue weighted by atomic mass is 16.6. The first-order valence-electron chi connectivity index (χ1n) is 19.4. The van der Waals surface area contributed by atoms with Crippen molar-refractivity contribution >= 4 is 18.0 Å². The van der Waals surface area contributed by atoms with E-state index in [0.29, 0.717) is 43.9 Å². The summed E-state index contributed by atoms with van der Waals surface area (Å²) in [4.78, 5) is 41.2. The van der Waals surface area contributed by atoms with Crippen LogP contribution in [-0.4, -0.2) is 79.1 Å². The second-order valence-electron chi connectivity index (χ2n) is 18.6. The van der Waals surface area contributed by atoms with Crippen LogP contribution in [0.15, 0.2) is 0 Å². The van der Waals surface area contributed by atoms with Crippen LogP contribution >= 0.6 is 0 Å². The Bertz CT molecular complexity index is 1280. The van der Waals surface area contributed by atoms with Crippen molar-refractivity contribution in [3.05, 3.63) is 0 Å². The largest absolute Gasteiger partial charge is 0.481 e. The highest BCUT2D eigenvalue weighted by Crippen LogP contribution is 2.77. The molecule has 0 bridgehead atoms. The second kappa shape index (κ2) is 12.1. The third kappa shape index (κ3) is 5.33. The van der Waals surface area contributed by atoms with Crippen molar-refractivity contribution in [2.45, 2.75) is 137 Å². The number of fused-ring (bicyclic) bond motifs is 7. The quantitative estimate of drug-likeness (QED) is 0.289. The number of nitrogens with one attached hydrogen (secondary N) is 1. The number of esters is 1. The first kappa shape index (κ1) is 34.6. The zero-order chi connectivity index (χ0) is 34.3. The second-order valence-corrected chi connectivity index (χ2v) is 18.6. The zero-order valence-corrected chi connectivity index (χ0v) is 30.5. The van der Waals surface area contributed by atoms with E-state index in [0.717, 1.165) is 77.3 Å². The molecule has 48 heavy (non-hydrogen) atoms. The molecule has 6 aliphatic carbocycles. The molecule has 2 N–H and O–H groups in total. The Labute approximate surface area is 287 Å². The van der Waals surface area contributed by atoms with Crippen LogP contribution in [0.4, 0.5) is 4.79 Å². The summed E-state index contributed by atoms with van der Waals surface area (Å²) in [5, 5.41) is 13.9. The number of carboxylic acids is 1.